The van der Waals surface area contributed by atoms with E-state index < -0.39 is 5.97 Å². The van der Waals surface area contributed by atoms with Crippen molar-refractivity contribution in [2.24, 2.45) is 5.92 Å². The van der Waals surface area contributed by atoms with E-state index in [2.05, 4.69) is 10.2 Å². The molecule has 1 heterocycles. The van der Waals surface area contributed by atoms with Crippen molar-refractivity contribution < 1.29 is 13.9 Å². The number of hydrogen-bond acceptors (Lipinski definition) is 5. The molecule has 0 aliphatic heterocycles. The highest BCUT2D eigenvalue weighted by molar-refractivity contribution is 5.83. The first kappa shape index (κ1) is 11.1. The van der Waals surface area contributed by atoms with Crippen molar-refractivity contribution in [1.29, 1.82) is 0 Å². The molecule has 88 valence electrons. The topological polar surface area (TPSA) is 65.2 Å². The van der Waals surface area contributed by atoms with E-state index in [4.69, 9.17) is 9.15 Å². The van der Waals surface area contributed by atoms with Crippen LogP contribution in [0.15, 0.2) is 4.42 Å². The van der Waals surface area contributed by atoms with Gasteiger partial charge in [-0.1, -0.05) is 12.8 Å². The second-order valence-electron chi connectivity index (χ2n) is 4.08. The number of aromatic nitrogens is 2. The average Bonchev–Trinajstić information content (AvgIpc) is 2.90. The predicted molar refractivity (Wildman–Crippen MR) is 55.9 cm³/mol. The zero-order chi connectivity index (χ0) is 11.4. The third-order valence-corrected chi connectivity index (χ3v) is 2.85. The van der Waals surface area contributed by atoms with Crippen LogP contribution in [0.4, 0.5) is 0 Å². The lowest BCUT2D eigenvalue weighted by Crippen LogP contribution is -2.04. The van der Waals surface area contributed by atoms with Gasteiger partial charge in [-0.3, -0.25) is 0 Å². The van der Waals surface area contributed by atoms with Crippen LogP contribution < -0.4 is 0 Å². The molecule has 16 heavy (non-hydrogen) atoms. The molecule has 0 bridgehead atoms. The summed E-state index contributed by atoms with van der Waals surface area (Å²) in [7, 11) is 0. The third-order valence-electron chi connectivity index (χ3n) is 2.85. The molecule has 1 aliphatic rings. The zero-order valence-corrected chi connectivity index (χ0v) is 9.44. The summed E-state index contributed by atoms with van der Waals surface area (Å²) < 4.78 is 10.0. The van der Waals surface area contributed by atoms with Gasteiger partial charge in [0.1, 0.15) is 0 Å². The van der Waals surface area contributed by atoms with Gasteiger partial charge < -0.3 is 9.15 Å². The van der Waals surface area contributed by atoms with Gasteiger partial charge in [0, 0.05) is 6.42 Å². The standard InChI is InChI=1S/C11H16N2O3/c1-2-15-11(14)10-13-12-9(16-10)7-8-5-3-4-6-8/h8H,2-7H2,1H3. The molecular formula is C11H16N2O3. The Hall–Kier alpha value is -1.39. The smallest absolute Gasteiger partial charge is 0.396 e. The minimum atomic E-state index is -0.535. The molecule has 0 atom stereocenters. The van der Waals surface area contributed by atoms with Crippen molar-refractivity contribution >= 4 is 5.97 Å². The van der Waals surface area contributed by atoms with E-state index in [0.717, 1.165) is 6.42 Å². The van der Waals surface area contributed by atoms with Crippen LogP contribution in [0, 0.1) is 5.92 Å². The summed E-state index contributed by atoms with van der Waals surface area (Å²) in [4.78, 5) is 11.3. The van der Waals surface area contributed by atoms with E-state index in [0.29, 0.717) is 18.4 Å². The Kier molecular flexibility index (Phi) is 3.54. The number of hydrogen-bond donors (Lipinski definition) is 0. The Morgan fingerprint density at radius 1 is 1.44 bits per heavy atom. The first-order chi connectivity index (χ1) is 7.79. The van der Waals surface area contributed by atoms with E-state index in [9.17, 15) is 4.79 Å². The quantitative estimate of drug-likeness (QED) is 0.731. The summed E-state index contributed by atoms with van der Waals surface area (Å²) in [6.45, 7) is 2.06. The lowest BCUT2D eigenvalue weighted by molar-refractivity contribution is 0.0478. The maximum Gasteiger partial charge on any atom is 0.396 e. The zero-order valence-electron chi connectivity index (χ0n) is 9.44. The van der Waals surface area contributed by atoms with Gasteiger partial charge in [0.05, 0.1) is 6.61 Å². The van der Waals surface area contributed by atoms with Crippen LogP contribution in [-0.4, -0.2) is 22.8 Å². The fourth-order valence-electron chi connectivity index (χ4n) is 2.07. The number of rotatable bonds is 4. The van der Waals surface area contributed by atoms with E-state index in [1.165, 1.54) is 25.7 Å². The van der Waals surface area contributed by atoms with Gasteiger partial charge >= 0.3 is 11.9 Å². The summed E-state index contributed by atoms with van der Waals surface area (Å²) in [5.74, 6) is 0.618. The lowest BCUT2D eigenvalue weighted by atomic mass is 10.0. The fraction of sp³-hybridized carbons (Fsp3) is 0.727. The molecule has 0 aromatic carbocycles. The molecule has 1 aliphatic carbocycles. The molecule has 2 rings (SSSR count). The number of nitrogens with zero attached hydrogens (tertiary/aromatic N) is 2. The van der Waals surface area contributed by atoms with Crippen molar-refractivity contribution in [3.8, 4) is 0 Å². The molecule has 1 aromatic rings. The van der Waals surface area contributed by atoms with Crippen molar-refractivity contribution in [1.82, 2.24) is 10.2 Å². The van der Waals surface area contributed by atoms with Crippen LogP contribution in [-0.2, 0) is 11.2 Å². The molecule has 1 fully saturated rings. The minimum absolute atomic E-state index is 0.0325. The van der Waals surface area contributed by atoms with Crippen LogP contribution >= 0.6 is 0 Å². The molecule has 0 amide bonds. The van der Waals surface area contributed by atoms with Crippen LogP contribution in [0.5, 0.6) is 0 Å². The summed E-state index contributed by atoms with van der Waals surface area (Å²) in [6, 6.07) is 0. The number of ether oxygens (including phenoxy) is 1. The molecule has 0 spiro atoms. The second-order valence-corrected chi connectivity index (χ2v) is 4.08. The Bertz CT molecular complexity index is 356. The summed E-state index contributed by atoms with van der Waals surface area (Å²) in [6.07, 6.45) is 5.79. The van der Waals surface area contributed by atoms with Crippen molar-refractivity contribution in [3.63, 3.8) is 0 Å². The van der Waals surface area contributed by atoms with Crippen LogP contribution in [0.1, 0.15) is 49.2 Å². The molecular weight excluding hydrogens is 208 g/mol. The lowest BCUT2D eigenvalue weighted by Gasteiger charge is -2.02. The molecule has 1 saturated carbocycles. The summed E-state index contributed by atoms with van der Waals surface area (Å²) >= 11 is 0. The molecule has 5 nitrogen and oxygen atoms in total. The molecule has 0 unspecified atom stereocenters. The SMILES string of the molecule is CCOC(=O)c1nnc(CC2CCCC2)o1. The van der Waals surface area contributed by atoms with Crippen LogP contribution in [0.25, 0.3) is 0 Å². The van der Waals surface area contributed by atoms with E-state index >= 15 is 0 Å². The van der Waals surface area contributed by atoms with Gasteiger partial charge in [-0.25, -0.2) is 4.79 Å². The Morgan fingerprint density at radius 2 is 2.19 bits per heavy atom. The Labute approximate surface area is 94.2 Å². The predicted octanol–water partition coefficient (Wildman–Crippen LogP) is 1.98. The van der Waals surface area contributed by atoms with Gasteiger partial charge in [-0.2, -0.15) is 0 Å². The van der Waals surface area contributed by atoms with Crippen molar-refractivity contribution in [2.75, 3.05) is 6.61 Å². The van der Waals surface area contributed by atoms with Gasteiger partial charge in [0.2, 0.25) is 5.89 Å². The van der Waals surface area contributed by atoms with Crippen molar-refractivity contribution in [2.45, 2.75) is 39.0 Å². The summed E-state index contributed by atoms with van der Waals surface area (Å²) in [5.41, 5.74) is 0. The monoisotopic (exact) mass is 224 g/mol. The first-order valence-electron chi connectivity index (χ1n) is 5.79. The summed E-state index contributed by atoms with van der Waals surface area (Å²) in [5, 5.41) is 7.55. The average molecular weight is 224 g/mol. The highest BCUT2D eigenvalue weighted by Gasteiger charge is 2.21. The second kappa shape index (κ2) is 5.09. The van der Waals surface area contributed by atoms with Gasteiger partial charge in [0.25, 0.3) is 0 Å². The molecule has 1 aromatic heterocycles. The van der Waals surface area contributed by atoms with Gasteiger partial charge in [-0.15, -0.1) is 10.2 Å². The molecule has 0 saturated heterocycles. The number of esters is 1. The fourth-order valence-corrected chi connectivity index (χ4v) is 2.07. The highest BCUT2D eigenvalue weighted by atomic mass is 16.5. The first-order valence-corrected chi connectivity index (χ1v) is 5.79. The largest absolute Gasteiger partial charge is 0.459 e. The maximum atomic E-state index is 11.3. The van der Waals surface area contributed by atoms with Crippen LogP contribution in [0.3, 0.4) is 0 Å². The molecule has 0 radical (unpaired) electrons. The van der Waals surface area contributed by atoms with Crippen LogP contribution in [0.2, 0.25) is 0 Å². The third kappa shape index (κ3) is 2.59. The maximum absolute atomic E-state index is 11.3. The van der Waals surface area contributed by atoms with Gasteiger partial charge in [-0.05, 0) is 25.7 Å². The van der Waals surface area contributed by atoms with E-state index in [1.54, 1.807) is 6.92 Å². The Balaban J connectivity index is 1.93. The number of carbonyl (C=O) groups excluding carboxylic acids is 1. The normalized spacial score (nSPS) is 16.6. The van der Waals surface area contributed by atoms with E-state index in [1.807, 2.05) is 0 Å². The molecule has 0 N–H and O–H groups in total. The minimum Gasteiger partial charge on any atom is -0.459 e. The number of carbonyl (C=O) groups is 1. The van der Waals surface area contributed by atoms with Crippen molar-refractivity contribution in [3.05, 3.63) is 11.8 Å². The highest BCUT2D eigenvalue weighted by Crippen LogP contribution is 2.27. The Morgan fingerprint density at radius 3 is 2.88 bits per heavy atom. The van der Waals surface area contributed by atoms with E-state index in [-0.39, 0.29) is 5.89 Å². The van der Waals surface area contributed by atoms with Gasteiger partial charge in [0.15, 0.2) is 0 Å². The molecule has 5 heteroatoms.